The van der Waals surface area contributed by atoms with Crippen LogP contribution in [0.15, 0.2) is 30.5 Å². The van der Waals surface area contributed by atoms with Gasteiger partial charge in [0.25, 0.3) is 0 Å². The topological polar surface area (TPSA) is 35.0 Å². The van der Waals surface area contributed by atoms with Gasteiger partial charge in [-0.3, -0.25) is 0 Å². The molecular formula is C15H15ClN2O. The number of benzene rings is 1. The highest BCUT2D eigenvalue weighted by molar-refractivity contribution is 6.20. The van der Waals surface area contributed by atoms with Crippen molar-refractivity contribution in [1.82, 2.24) is 9.97 Å². The second-order valence-corrected chi connectivity index (χ2v) is 5.46. The molecule has 0 spiro atoms. The largest absolute Gasteiger partial charge is 0.482 e. The van der Waals surface area contributed by atoms with Crippen LogP contribution >= 0.6 is 11.6 Å². The summed E-state index contributed by atoms with van der Waals surface area (Å²) in [6, 6.07) is 8.06. The summed E-state index contributed by atoms with van der Waals surface area (Å²) >= 11 is 6.08. The lowest BCUT2D eigenvalue weighted by atomic mass is 10.1. The first-order valence-corrected chi connectivity index (χ1v) is 6.81. The Bertz CT molecular complexity index is 588. The van der Waals surface area contributed by atoms with Gasteiger partial charge >= 0.3 is 0 Å². The number of nitrogens with zero attached hydrogens (tertiary/aromatic N) is 2. The molecule has 0 amide bonds. The zero-order chi connectivity index (χ0) is 13.4. The predicted octanol–water partition coefficient (Wildman–Crippen LogP) is 3.76. The third-order valence-corrected chi connectivity index (χ3v) is 3.63. The van der Waals surface area contributed by atoms with E-state index in [9.17, 15) is 0 Å². The van der Waals surface area contributed by atoms with Crippen molar-refractivity contribution in [2.24, 2.45) is 0 Å². The van der Waals surface area contributed by atoms with Gasteiger partial charge in [-0.2, -0.15) is 0 Å². The number of para-hydroxylation sites is 1. The fourth-order valence-corrected chi connectivity index (χ4v) is 2.58. The van der Waals surface area contributed by atoms with Gasteiger partial charge in [-0.25, -0.2) is 9.97 Å². The first-order valence-electron chi connectivity index (χ1n) is 6.37. The standard InChI is InChI=1S/C15H15ClN2O/c1-9(16)12-8-17-15(18-10(12)2)14-7-11-5-3-4-6-13(11)19-14/h3-6,8-9,14H,7H2,1-2H3. The first-order chi connectivity index (χ1) is 9.15. The molecule has 1 aliphatic heterocycles. The lowest BCUT2D eigenvalue weighted by molar-refractivity contribution is 0.227. The number of aryl methyl sites for hydroxylation is 1. The van der Waals surface area contributed by atoms with E-state index in [0.717, 1.165) is 29.3 Å². The maximum atomic E-state index is 6.08. The minimum absolute atomic E-state index is 0.0734. The van der Waals surface area contributed by atoms with E-state index in [-0.39, 0.29) is 11.5 Å². The molecule has 1 aromatic carbocycles. The van der Waals surface area contributed by atoms with Crippen LogP contribution in [0.5, 0.6) is 5.75 Å². The van der Waals surface area contributed by atoms with Gasteiger partial charge in [-0.1, -0.05) is 18.2 Å². The van der Waals surface area contributed by atoms with E-state index in [0.29, 0.717) is 0 Å². The third kappa shape index (κ3) is 2.30. The normalized spacial score (nSPS) is 18.8. The quantitative estimate of drug-likeness (QED) is 0.782. The summed E-state index contributed by atoms with van der Waals surface area (Å²) in [6.45, 7) is 3.89. The number of hydrogen-bond donors (Lipinski definition) is 0. The zero-order valence-corrected chi connectivity index (χ0v) is 11.7. The van der Waals surface area contributed by atoms with E-state index in [1.807, 2.05) is 38.2 Å². The molecule has 0 aliphatic carbocycles. The van der Waals surface area contributed by atoms with Crippen molar-refractivity contribution in [3.05, 3.63) is 53.1 Å². The van der Waals surface area contributed by atoms with Crippen molar-refractivity contribution in [2.75, 3.05) is 0 Å². The van der Waals surface area contributed by atoms with Crippen molar-refractivity contribution < 1.29 is 4.74 Å². The second kappa shape index (κ2) is 4.82. The summed E-state index contributed by atoms with van der Waals surface area (Å²) in [4.78, 5) is 8.94. The molecule has 3 nitrogen and oxygen atoms in total. The van der Waals surface area contributed by atoms with Crippen LogP contribution < -0.4 is 4.74 Å². The lowest BCUT2D eigenvalue weighted by Gasteiger charge is -2.12. The number of fused-ring (bicyclic) bond motifs is 1. The minimum Gasteiger partial charge on any atom is -0.482 e. The van der Waals surface area contributed by atoms with Crippen LogP contribution in [0.4, 0.5) is 0 Å². The van der Waals surface area contributed by atoms with Crippen LogP contribution in [0.25, 0.3) is 0 Å². The lowest BCUT2D eigenvalue weighted by Crippen LogP contribution is -2.10. The van der Waals surface area contributed by atoms with Crippen LogP contribution in [0.2, 0.25) is 0 Å². The van der Waals surface area contributed by atoms with Crippen molar-refractivity contribution in [3.63, 3.8) is 0 Å². The van der Waals surface area contributed by atoms with Gasteiger partial charge in [0.1, 0.15) is 5.75 Å². The molecule has 1 aliphatic rings. The Hall–Kier alpha value is -1.61. The summed E-state index contributed by atoms with van der Waals surface area (Å²) in [7, 11) is 0. The molecule has 0 saturated heterocycles. The molecule has 2 unspecified atom stereocenters. The molecule has 1 aromatic heterocycles. The van der Waals surface area contributed by atoms with Gasteiger partial charge < -0.3 is 4.74 Å². The van der Waals surface area contributed by atoms with Gasteiger partial charge in [0.2, 0.25) is 0 Å². The van der Waals surface area contributed by atoms with Crippen LogP contribution in [-0.2, 0) is 6.42 Å². The van der Waals surface area contributed by atoms with E-state index in [2.05, 4.69) is 16.0 Å². The van der Waals surface area contributed by atoms with Crippen molar-refractivity contribution in [1.29, 1.82) is 0 Å². The van der Waals surface area contributed by atoms with E-state index in [1.165, 1.54) is 5.56 Å². The van der Waals surface area contributed by atoms with Gasteiger partial charge in [0.15, 0.2) is 11.9 Å². The molecule has 2 aromatic rings. The Kier molecular flexibility index (Phi) is 3.15. The molecule has 19 heavy (non-hydrogen) atoms. The Morgan fingerprint density at radius 1 is 1.37 bits per heavy atom. The van der Waals surface area contributed by atoms with Crippen LogP contribution in [0.3, 0.4) is 0 Å². The molecule has 0 fully saturated rings. The van der Waals surface area contributed by atoms with E-state index < -0.39 is 0 Å². The monoisotopic (exact) mass is 274 g/mol. The SMILES string of the molecule is Cc1nc(C2Cc3ccccc3O2)ncc1C(C)Cl. The molecule has 3 rings (SSSR count). The van der Waals surface area contributed by atoms with Gasteiger partial charge in [-0.15, -0.1) is 11.6 Å². The van der Waals surface area contributed by atoms with Crippen LogP contribution in [-0.4, -0.2) is 9.97 Å². The van der Waals surface area contributed by atoms with Gasteiger partial charge in [0, 0.05) is 23.9 Å². The Morgan fingerprint density at radius 2 is 2.16 bits per heavy atom. The Morgan fingerprint density at radius 3 is 2.84 bits per heavy atom. The van der Waals surface area contributed by atoms with E-state index in [4.69, 9.17) is 16.3 Å². The summed E-state index contributed by atoms with van der Waals surface area (Å²) < 4.78 is 5.89. The molecule has 98 valence electrons. The highest BCUT2D eigenvalue weighted by Crippen LogP contribution is 2.35. The van der Waals surface area contributed by atoms with Gasteiger partial charge in [-0.05, 0) is 25.5 Å². The molecule has 0 saturated carbocycles. The fraction of sp³-hybridized carbons (Fsp3) is 0.333. The summed E-state index contributed by atoms with van der Waals surface area (Å²) in [5.41, 5.74) is 3.11. The highest BCUT2D eigenvalue weighted by Gasteiger charge is 2.26. The van der Waals surface area contributed by atoms with Crippen molar-refractivity contribution in [2.45, 2.75) is 31.7 Å². The molecule has 2 atom stereocenters. The predicted molar refractivity (Wildman–Crippen MR) is 74.6 cm³/mol. The van der Waals surface area contributed by atoms with Crippen LogP contribution in [0.1, 0.15) is 41.1 Å². The van der Waals surface area contributed by atoms with Crippen molar-refractivity contribution in [3.8, 4) is 5.75 Å². The highest BCUT2D eigenvalue weighted by atomic mass is 35.5. The van der Waals surface area contributed by atoms with Crippen LogP contribution in [0, 0.1) is 6.92 Å². The smallest absolute Gasteiger partial charge is 0.169 e. The maximum Gasteiger partial charge on any atom is 0.169 e. The average molecular weight is 275 g/mol. The summed E-state index contributed by atoms with van der Waals surface area (Å²) in [6.07, 6.45) is 2.54. The number of alkyl halides is 1. The average Bonchev–Trinajstić information content (AvgIpc) is 2.81. The summed E-state index contributed by atoms with van der Waals surface area (Å²) in [5, 5.41) is -0.0734. The molecule has 0 N–H and O–H groups in total. The van der Waals surface area contributed by atoms with E-state index in [1.54, 1.807) is 0 Å². The molecule has 0 radical (unpaired) electrons. The first kappa shape index (κ1) is 12.4. The number of rotatable bonds is 2. The molecule has 2 heterocycles. The molecule has 0 bridgehead atoms. The second-order valence-electron chi connectivity index (χ2n) is 4.80. The Balaban J connectivity index is 1.88. The Labute approximate surface area is 117 Å². The maximum absolute atomic E-state index is 6.08. The number of aromatic nitrogens is 2. The zero-order valence-electron chi connectivity index (χ0n) is 10.9. The molecule has 4 heteroatoms. The number of ether oxygens (including phenoxy) is 1. The third-order valence-electron chi connectivity index (χ3n) is 3.40. The summed E-state index contributed by atoms with van der Waals surface area (Å²) in [5.74, 6) is 1.67. The fourth-order valence-electron chi connectivity index (χ4n) is 2.37. The van der Waals surface area contributed by atoms with Crippen molar-refractivity contribution >= 4 is 11.6 Å². The molecular weight excluding hydrogens is 260 g/mol. The minimum atomic E-state index is -0.0872. The van der Waals surface area contributed by atoms with E-state index >= 15 is 0 Å². The number of hydrogen-bond acceptors (Lipinski definition) is 3. The number of halogens is 1. The van der Waals surface area contributed by atoms with Gasteiger partial charge in [0.05, 0.1) is 5.38 Å².